The summed E-state index contributed by atoms with van der Waals surface area (Å²) in [6.45, 7) is 4.62. The van der Waals surface area contributed by atoms with Crippen molar-refractivity contribution >= 4 is 15.5 Å². The van der Waals surface area contributed by atoms with Crippen LogP contribution in [0.5, 0.6) is 0 Å². The Labute approximate surface area is 124 Å². The fourth-order valence-corrected chi connectivity index (χ4v) is 5.61. The van der Waals surface area contributed by atoms with Gasteiger partial charge >= 0.3 is 0 Å². The van der Waals surface area contributed by atoms with Crippen LogP contribution in [0.4, 0.5) is 5.69 Å². The van der Waals surface area contributed by atoms with Crippen LogP contribution >= 0.6 is 0 Å². The Morgan fingerprint density at radius 1 is 1.38 bits per heavy atom. The summed E-state index contributed by atoms with van der Waals surface area (Å²) in [6, 6.07) is 0. The molecule has 1 aliphatic carbocycles. The van der Waals surface area contributed by atoms with E-state index in [1.807, 2.05) is 11.6 Å². The van der Waals surface area contributed by atoms with Crippen molar-refractivity contribution in [2.45, 2.75) is 57.5 Å². The fourth-order valence-electron chi connectivity index (χ4n) is 3.50. The maximum atomic E-state index is 12.6. The van der Waals surface area contributed by atoms with Gasteiger partial charge in [-0.1, -0.05) is 6.92 Å². The summed E-state index contributed by atoms with van der Waals surface area (Å²) in [5, 5.41) is 0. The highest BCUT2D eigenvalue weighted by Gasteiger charge is 2.44. The van der Waals surface area contributed by atoms with Gasteiger partial charge in [-0.05, 0) is 32.6 Å². The molecule has 1 unspecified atom stereocenters. The summed E-state index contributed by atoms with van der Waals surface area (Å²) >= 11 is 0. The van der Waals surface area contributed by atoms with Gasteiger partial charge < -0.3 is 5.73 Å². The predicted molar refractivity (Wildman–Crippen MR) is 82.3 cm³/mol. The van der Waals surface area contributed by atoms with Crippen molar-refractivity contribution in [3.8, 4) is 0 Å². The molecule has 0 bridgehead atoms. The number of hydrogen-bond acceptors (Lipinski definition) is 4. The largest absolute Gasteiger partial charge is 0.393 e. The maximum Gasteiger partial charge on any atom is 0.290 e. The SMILES string of the molecule is CCCn1c(C2CC2)c(N)c(=O)n1C1(C)CCS(=O)(=O)C1. The van der Waals surface area contributed by atoms with Gasteiger partial charge in [0.1, 0.15) is 5.69 Å². The van der Waals surface area contributed by atoms with Gasteiger partial charge in [0.2, 0.25) is 0 Å². The smallest absolute Gasteiger partial charge is 0.290 e. The molecule has 1 aliphatic heterocycles. The summed E-state index contributed by atoms with van der Waals surface area (Å²) in [7, 11) is -3.07. The summed E-state index contributed by atoms with van der Waals surface area (Å²) < 4.78 is 27.4. The number of anilines is 1. The molecule has 2 aliphatic rings. The molecule has 1 aromatic rings. The third-order valence-corrected chi connectivity index (χ3v) is 6.50. The molecule has 0 amide bonds. The number of aromatic nitrogens is 2. The molecule has 0 radical (unpaired) electrons. The fraction of sp³-hybridized carbons (Fsp3) is 0.786. The van der Waals surface area contributed by atoms with E-state index in [9.17, 15) is 13.2 Å². The summed E-state index contributed by atoms with van der Waals surface area (Å²) in [5.74, 6) is 0.537. The summed E-state index contributed by atoms with van der Waals surface area (Å²) in [6.07, 6.45) is 3.49. The van der Waals surface area contributed by atoms with E-state index in [1.165, 1.54) is 0 Å². The average molecular weight is 313 g/mol. The topological polar surface area (TPSA) is 87.1 Å². The van der Waals surface area contributed by atoms with Gasteiger partial charge in [-0.25, -0.2) is 13.1 Å². The third kappa shape index (κ3) is 2.31. The van der Waals surface area contributed by atoms with Crippen LogP contribution in [0.25, 0.3) is 0 Å². The quantitative estimate of drug-likeness (QED) is 0.900. The standard InChI is InChI=1S/C14H23N3O3S/c1-3-7-16-12(10-4-5-10)11(15)13(18)17(16)14(2)6-8-21(19,20)9-14/h10H,3-9,15H2,1-2H3. The molecule has 1 saturated heterocycles. The van der Waals surface area contributed by atoms with E-state index in [0.717, 1.165) is 25.0 Å². The summed E-state index contributed by atoms with van der Waals surface area (Å²) in [5.41, 5.74) is 6.41. The second-order valence-corrected chi connectivity index (χ2v) is 8.84. The second kappa shape index (κ2) is 4.63. The Bertz CT molecular complexity index is 727. The van der Waals surface area contributed by atoms with Crippen LogP contribution in [0.15, 0.2) is 4.79 Å². The Hall–Kier alpha value is -1.24. The van der Waals surface area contributed by atoms with Gasteiger partial charge in [-0.3, -0.25) is 9.48 Å². The second-order valence-electron chi connectivity index (χ2n) is 6.65. The molecule has 0 spiro atoms. The van der Waals surface area contributed by atoms with Crippen molar-refractivity contribution in [1.82, 2.24) is 9.36 Å². The van der Waals surface area contributed by atoms with Crippen molar-refractivity contribution in [2.24, 2.45) is 0 Å². The molecule has 2 N–H and O–H groups in total. The van der Waals surface area contributed by atoms with E-state index in [-0.39, 0.29) is 17.1 Å². The Kier molecular flexibility index (Phi) is 3.24. The van der Waals surface area contributed by atoms with Gasteiger partial charge in [-0.2, -0.15) is 0 Å². The van der Waals surface area contributed by atoms with Crippen LogP contribution < -0.4 is 11.3 Å². The van der Waals surface area contributed by atoms with Crippen LogP contribution in [0, 0.1) is 0 Å². The lowest BCUT2D eigenvalue weighted by Gasteiger charge is -2.28. The Morgan fingerprint density at radius 2 is 2.05 bits per heavy atom. The molecule has 21 heavy (non-hydrogen) atoms. The van der Waals surface area contributed by atoms with Crippen molar-refractivity contribution in [3.05, 3.63) is 16.0 Å². The van der Waals surface area contributed by atoms with Crippen molar-refractivity contribution in [1.29, 1.82) is 0 Å². The normalized spacial score (nSPS) is 28.1. The van der Waals surface area contributed by atoms with E-state index in [4.69, 9.17) is 5.73 Å². The minimum absolute atomic E-state index is 0.0250. The number of sulfone groups is 1. The van der Waals surface area contributed by atoms with E-state index in [1.54, 1.807) is 4.68 Å². The molecular weight excluding hydrogens is 290 g/mol. The van der Waals surface area contributed by atoms with Crippen molar-refractivity contribution < 1.29 is 8.42 Å². The molecule has 1 aromatic heterocycles. The number of nitrogens with two attached hydrogens (primary N) is 1. The van der Waals surface area contributed by atoms with Crippen LogP contribution in [-0.4, -0.2) is 29.3 Å². The molecule has 118 valence electrons. The van der Waals surface area contributed by atoms with Crippen LogP contribution in [0.1, 0.15) is 51.1 Å². The lowest BCUT2D eigenvalue weighted by Crippen LogP contribution is -2.42. The molecule has 6 nitrogen and oxygen atoms in total. The lowest BCUT2D eigenvalue weighted by atomic mass is 10.0. The molecular formula is C14H23N3O3S. The average Bonchev–Trinajstić information content (AvgIpc) is 3.12. The van der Waals surface area contributed by atoms with Crippen LogP contribution in [0.2, 0.25) is 0 Å². The first-order valence-electron chi connectivity index (χ1n) is 7.61. The molecule has 2 fully saturated rings. The van der Waals surface area contributed by atoms with Gasteiger partial charge in [-0.15, -0.1) is 0 Å². The van der Waals surface area contributed by atoms with Crippen LogP contribution in [-0.2, 0) is 21.9 Å². The lowest BCUT2D eigenvalue weighted by molar-refractivity contribution is 0.260. The Balaban J connectivity index is 2.18. The number of nitrogen functional groups attached to an aromatic ring is 1. The minimum atomic E-state index is -3.07. The Morgan fingerprint density at radius 3 is 2.52 bits per heavy atom. The maximum absolute atomic E-state index is 12.6. The zero-order valence-corrected chi connectivity index (χ0v) is 13.4. The minimum Gasteiger partial charge on any atom is -0.393 e. The molecule has 0 aromatic carbocycles. The zero-order valence-electron chi connectivity index (χ0n) is 12.6. The van der Waals surface area contributed by atoms with E-state index in [2.05, 4.69) is 6.92 Å². The van der Waals surface area contributed by atoms with E-state index < -0.39 is 15.4 Å². The van der Waals surface area contributed by atoms with Gasteiger partial charge in [0, 0.05) is 12.5 Å². The zero-order chi connectivity index (χ0) is 15.4. The molecule has 7 heteroatoms. The van der Waals surface area contributed by atoms with E-state index in [0.29, 0.717) is 24.6 Å². The molecule has 1 saturated carbocycles. The predicted octanol–water partition coefficient (Wildman–Crippen LogP) is 1.05. The molecule has 3 rings (SSSR count). The van der Waals surface area contributed by atoms with Gasteiger partial charge in [0.25, 0.3) is 5.56 Å². The van der Waals surface area contributed by atoms with Gasteiger partial charge in [0.05, 0.1) is 22.7 Å². The first-order valence-corrected chi connectivity index (χ1v) is 9.43. The molecule has 2 heterocycles. The van der Waals surface area contributed by atoms with Crippen molar-refractivity contribution in [3.63, 3.8) is 0 Å². The number of rotatable bonds is 4. The molecule has 1 atom stereocenters. The number of hydrogen-bond donors (Lipinski definition) is 1. The summed E-state index contributed by atoms with van der Waals surface area (Å²) in [4.78, 5) is 12.6. The number of nitrogens with zero attached hydrogens (tertiary/aromatic N) is 2. The van der Waals surface area contributed by atoms with Crippen LogP contribution in [0.3, 0.4) is 0 Å². The highest BCUT2D eigenvalue weighted by Crippen LogP contribution is 2.43. The third-order valence-electron chi connectivity index (χ3n) is 4.61. The van der Waals surface area contributed by atoms with Crippen molar-refractivity contribution in [2.75, 3.05) is 17.2 Å². The monoisotopic (exact) mass is 313 g/mol. The first kappa shape index (κ1) is 14.7. The first-order chi connectivity index (χ1) is 9.79. The van der Waals surface area contributed by atoms with Gasteiger partial charge in [0.15, 0.2) is 9.84 Å². The van der Waals surface area contributed by atoms with E-state index >= 15 is 0 Å². The highest BCUT2D eigenvalue weighted by atomic mass is 32.2. The highest BCUT2D eigenvalue weighted by molar-refractivity contribution is 7.91.